The lowest BCUT2D eigenvalue weighted by Crippen LogP contribution is -2.02. The van der Waals surface area contributed by atoms with Gasteiger partial charge in [0.2, 0.25) is 0 Å². The van der Waals surface area contributed by atoms with Gasteiger partial charge >= 0.3 is 0 Å². The van der Waals surface area contributed by atoms with E-state index in [9.17, 15) is 0 Å². The SMILES string of the molecule is c1ccc(-c2nc(-c3cccc(-c4ccc5cc(-c6cccc7ccccc67)ccc5c4)c3)nc(-c3c(-c4ccccc4-c4ccccc4)ccc4ccccc34)n2)cc1. The third-order valence-electron chi connectivity index (χ3n) is 11.5. The van der Waals surface area contributed by atoms with E-state index in [1.54, 1.807) is 0 Å². The van der Waals surface area contributed by atoms with E-state index in [1.165, 1.54) is 32.7 Å². The summed E-state index contributed by atoms with van der Waals surface area (Å²) in [4.78, 5) is 15.8. The van der Waals surface area contributed by atoms with Crippen LogP contribution in [0.5, 0.6) is 0 Å². The molecule has 0 radical (unpaired) electrons. The molecule has 0 spiro atoms. The van der Waals surface area contributed by atoms with Gasteiger partial charge in [0.1, 0.15) is 0 Å². The molecule has 0 amide bonds. The molecule has 0 aliphatic rings. The summed E-state index contributed by atoms with van der Waals surface area (Å²) >= 11 is 0. The molecule has 3 heteroatoms. The second kappa shape index (κ2) is 15.1. The van der Waals surface area contributed by atoms with Crippen LogP contribution in [-0.2, 0) is 0 Å². The summed E-state index contributed by atoms with van der Waals surface area (Å²) in [6, 6.07) is 79.5. The van der Waals surface area contributed by atoms with Crippen LogP contribution in [0, 0.1) is 0 Å². The molecule has 1 heterocycles. The molecular formula is C57H37N3. The number of rotatable bonds is 7. The minimum atomic E-state index is 0.622. The van der Waals surface area contributed by atoms with Crippen molar-refractivity contribution in [1.29, 1.82) is 0 Å². The topological polar surface area (TPSA) is 38.7 Å². The normalized spacial score (nSPS) is 11.3. The van der Waals surface area contributed by atoms with E-state index in [-0.39, 0.29) is 0 Å². The molecule has 0 atom stereocenters. The molecule has 0 saturated heterocycles. The van der Waals surface area contributed by atoms with Crippen LogP contribution >= 0.6 is 0 Å². The van der Waals surface area contributed by atoms with E-state index in [4.69, 9.17) is 15.0 Å². The molecule has 0 aliphatic carbocycles. The lowest BCUT2D eigenvalue weighted by Gasteiger charge is -2.17. The predicted octanol–water partition coefficient (Wildman–Crippen LogP) is 15.0. The summed E-state index contributed by atoms with van der Waals surface area (Å²) in [5, 5.41) is 7.11. The fraction of sp³-hybridized carbons (Fsp3) is 0. The molecule has 60 heavy (non-hydrogen) atoms. The molecule has 11 rings (SSSR count). The van der Waals surface area contributed by atoms with Crippen LogP contribution in [0.4, 0.5) is 0 Å². The van der Waals surface area contributed by atoms with Crippen molar-refractivity contribution >= 4 is 32.3 Å². The van der Waals surface area contributed by atoms with Gasteiger partial charge in [0.05, 0.1) is 0 Å². The second-order valence-corrected chi connectivity index (χ2v) is 15.2. The quantitative estimate of drug-likeness (QED) is 0.162. The first-order chi connectivity index (χ1) is 29.7. The van der Waals surface area contributed by atoms with Crippen molar-refractivity contribution in [3.05, 3.63) is 224 Å². The molecular weight excluding hydrogens is 727 g/mol. The van der Waals surface area contributed by atoms with Crippen molar-refractivity contribution in [2.75, 3.05) is 0 Å². The Morgan fingerprint density at radius 2 is 0.700 bits per heavy atom. The first kappa shape index (κ1) is 35.2. The third-order valence-corrected chi connectivity index (χ3v) is 11.5. The van der Waals surface area contributed by atoms with E-state index < -0.39 is 0 Å². The van der Waals surface area contributed by atoms with Gasteiger partial charge in [0, 0.05) is 16.7 Å². The van der Waals surface area contributed by atoms with Crippen molar-refractivity contribution in [2.24, 2.45) is 0 Å². The Hall–Kier alpha value is -8.01. The fourth-order valence-corrected chi connectivity index (χ4v) is 8.57. The van der Waals surface area contributed by atoms with Crippen LogP contribution in [0.25, 0.3) is 111 Å². The number of hydrogen-bond acceptors (Lipinski definition) is 3. The maximum Gasteiger partial charge on any atom is 0.165 e. The molecule has 280 valence electrons. The molecule has 11 aromatic rings. The smallest absolute Gasteiger partial charge is 0.165 e. The van der Waals surface area contributed by atoms with Gasteiger partial charge in [-0.1, -0.05) is 206 Å². The van der Waals surface area contributed by atoms with E-state index >= 15 is 0 Å². The van der Waals surface area contributed by atoms with Gasteiger partial charge in [0.25, 0.3) is 0 Å². The van der Waals surface area contributed by atoms with Gasteiger partial charge in [-0.05, 0) is 95.0 Å². The van der Waals surface area contributed by atoms with E-state index in [0.717, 1.165) is 60.8 Å². The average molecular weight is 764 g/mol. The number of fused-ring (bicyclic) bond motifs is 3. The Morgan fingerprint density at radius 1 is 0.217 bits per heavy atom. The third kappa shape index (κ3) is 6.49. The van der Waals surface area contributed by atoms with E-state index in [0.29, 0.717) is 17.5 Å². The van der Waals surface area contributed by atoms with Crippen LogP contribution in [0.1, 0.15) is 0 Å². The van der Waals surface area contributed by atoms with Crippen molar-refractivity contribution in [3.63, 3.8) is 0 Å². The Kier molecular flexibility index (Phi) is 8.83. The number of benzene rings is 10. The van der Waals surface area contributed by atoms with E-state index in [2.05, 4.69) is 206 Å². The van der Waals surface area contributed by atoms with Crippen molar-refractivity contribution in [2.45, 2.75) is 0 Å². The molecule has 0 saturated carbocycles. The van der Waals surface area contributed by atoms with Gasteiger partial charge in [0.15, 0.2) is 17.5 Å². The molecule has 0 N–H and O–H groups in total. The largest absolute Gasteiger partial charge is 0.208 e. The maximum absolute atomic E-state index is 5.36. The summed E-state index contributed by atoms with van der Waals surface area (Å²) in [6.45, 7) is 0. The summed E-state index contributed by atoms with van der Waals surface area (Å²) in [5.74, 6) is 1.88. The number of hydrogen-bond donors (Lipinski definition) is 0. The Morgan fingerprint density at radius 3 is 1.48 bits per heavy atom. The standard InChI is InChI=1S/C57H37N3/c1-3-15-38(16-4-1)49-25-11-12-27-52(49)53-34-33-40-18-8-10-26-51(40)54(53)57-59-55(41-19-5-2-6-20-41)58-56(60-57)47-23-13-22-42(37-47)43-29-30-45-36-46(32-31-44(45)35-43)50-28-14-21-39-17-7-9-24-48(39)50/h1-37H. The molecule has 1 aromatic heterocycles. The summed E-state index contributed by atoms with van der Waals surface area (Å²) in [5.41, 5.74) is 12.0. The van der Waals surface area contributed by atoms with Crippen LogP contribution in [0.15, 0.2) is 224 Å². The maximum atomic E-state index is 5.36. The first-order valence-electron chi connectivity index (χ1n) is 20.3. The van der Waals surface area contributed by atoms with Gasteiger partial charge in [-0.3, -0.25) is 0 Å². The Balaban J connectivity index is 1.05. The van der Waals surface area contributed by atoms with Crippen LogP contribution in [0.2, 0.25) is 0 Å². The molecule has 0 bridgehead atoms. The monoisotopic (exact) mass is 763 g/mol. The predicted molar refractivity (Wildman–Crippen MR) is 250 cm³/mol. The van der Waals surface area contributed by atoms with Gasteiger partial charge < -0.3 is 0 Å². The fourth-order valence-electron chi connectivity index (χ4n) is 8.57. The molecule has 10 aromatic carbocycles. The zero-order valence-corrected chi connectivity index (χ0v) is 32.7. The summed E-state index contributed by atoms with van der Waals surface area (Å²) < 4.78 is 0. The van der Waals surface area contributed by atoms with Gasteiger partial charge in [-0.2, -0.15) is 0 Å². The summed E-state index contributed by atoms with van der Waals surface area (Å²) in [7, 11) is 0. The molecule has 0 fully saturated rings. The second-order valence-electron chi connectivity index (χ2n) is 15.2. The highest BCUT2D eigenvalue weighted by Gasteiger charge is 2.20. The van der Waals surface area contributed by atoms with E-state index in [1.807, 2.05) is 18.2 Å². The Labute approximate surface area is 349 Å². The van der Waals surface area contributed by atoms with Crippen molar-refractivity contribution in [1.82, 2.24) is 15.0 Å². The minimum Gasteiger partial charge on any atom is -0.208 e. The van der Waals surface area contributed by atoms with Crippen LogP contribution in [-0.4, -0.2) is 15.0 Å². The van der Waals surface area contributed by atoms with Gasteiger partial charge in [-0.25, -0.2) is 15.0 Å². The first-order valence-corrected chi connectivity index (χ1v) is 20.3. The minimum absolute atomic E-state index is 0.622. The average Bonchev–Trinajstić information content (AvgIpc) is 3.33. The zero-order valence-electron chi connectivity index (χ0n) is 32.7. The lowest BCUT2D eigenvalue weighted by molar-refractivity contribution is 1.08. The lowest BCUT2D eigenvalue weighted by atomic mass is 9.89. The summed E-state index contributed by atoms with van der Waals surface area (Å²) in [6.07, 6.45) is 0. The molecule has 0 unspecified atom stereocenters. The zero-order chi connectivity index (χ0) is 39.8. The van der Waals surface area contributed by atoms with Crippen molar-refractivity contribution < 1.29 is 0 Å². The number of nitrogens with zero attached hydrogens (tertiary/aromatic N) is 3. The van der Waals surface area contributed by atoms with Crippen LogP contribution in [0.3, 0.4) is 0 Å². The number of aromatic nitrogens is 3. The highest BCUT2D eigenvalue weighted by molar-refractivity contribution is 6.05. The molecule has 0 aliphatic heterocycles. The molecule has 3 nitrogen and oxygen atoms in total. The highest BCUT2D eigenvalue weighted by Crippen LogP contribution is 2.42. The van der Waals surface area contributed by atoms with Crippen molar-refractivity contribution in [3.8, 4) is 78.7 Å². The highest BCUT2D eigenvalue weighted by atomic mass is 15.0. The Bertz CT molecular complexity index is 3370. The van der Waals surface area contributed by atoms with Gasteiger partial charge in [-0.15, -0.1) is 0 Å². The van der Waals surface area contributed by atoms with Crippen LogP contribution < -0.4 is 0 Å².